The van der Waals surface area contributed by atoms with Crippen LogP contribution < -0.4 is 5.56 Å². The van der Waals surface area contributed by atoms with E-state index in [1.54, 1.807) is 4.57 Å². The predicted molar refractivity (Wildman–Crippen MR) is 113 cm³/mol. The van der Waals surface area contributed by atoms with Gasteiger partial charge >= 0.3 is 0 Å². The SMILES string of the molecule is CCCn1c(SCC(=O)N2CCc3ccccc3C2)nc2ccccc2c1=O. The van der Waals surface area contributed by atoms with E-state index in [9.17, 15) is 9.59 Å². The summed E-state index contributed by atoms with van der Waals surface area (Å²) in [5, 5.41) is 1.25. The van der Waals surface area contributed by atoms with Crippen molar-refractivity contribution in [3.05, 3.63) is 70.0 Å². The largest absolute Gasteiger partial charge is 0.337 e. The topological polar surface area (TPSA) is 55.2 Å². The van der Waals surface area contributed by atoms with Gasteiger partial charge in [-0.1, -0.05) is 55.1 Å². The number of nitrogens with zero attached hydrogens (tertiary/aromatic N) is 3. The lowest BCUT2D eigenvalue weighted by atomic mass is 10.00. The third-order valence-electron chi connectivity index (χ3n) is 5.08. The molecule has 0 unspecified atom stereocenters. The van der Waals surface area contributed by atoms with Gasteiger partial charge in [0, 0.05) is 19.6 Å². The Morgan fingerprint density at radius 1 is 1.11 bits per heavy atom. The number of hydrogen-bond donors (Lipinski definition) is 0. The summed E-state index contributed by atoms with van der Waals surface area (Å²) in [5.41, 5.74) is 3.20. The van der Waals surface area contributed by atoms with Crippen molar-refractivity contribution in [3.8, 4) is 0 Å². The van der Waals surface area contributed by atoms with Gasteiger partial charge in [0.05, 0.1) is 16.7 Å². The van der Waals surface area contributed by atoms with E-state index in [1.807, 2.05) is 48.2 Å². The minimum atomic E-state index is -0.0331. The molecular formula is C22H23N3O2S. The highest BCUT2D eigenvalue weighted by molar-refractivity contribution is 7.99. The molecule has 0 saturated heterocycles. The third-order valence-corrected chi connectivity index (χ3v) is 6.04. The monoisotopic (exact) mass is 393 g/mol. The van der Waals surface area contributed by atoms with Crippen LogP contribution in [0.5, 0.6) is 0 Å². The molecule has 0 spiro atoms. The molecule has 0 fully saturated rings. The Bertz CT molecular complexity index is 1080. The van der Waals surface area contributed by atoms with E-state index < -0.39 is 0 Å². The highest BCUT2D eigenvalue weighted by atomic mass is 32.2. The van der Waals surface area contributed by atoms with Gasteiger partial charge in [-0.2, -0.15) is 0 Å². The Hall–Kier alpha value is -2.60. The van der Waals surface area contributed by atoms with Crippen LogP contribution in [0.25, 0.3) is 10.9 Å². The van der Waals surface area contributed by atoms with E-state index in [4.69, 9.17) is 0 Å². The molecule has 5 nitrogen and oxygen atoms in total. The Labute approximate surface area is 168 Å². The molecule has 28 heavy (non-hydrogen) atoms. The Balaban J connectivity index is 1.53. The first-order valence-corrected chi connectivity index (χ1v) is 10.6. The van der Waals surface area contributed by atoms with Crippen molar-refractivity contribution in [2.45, 2.75) is 38.0 Å². The van der Waals surface area contributed by atoms with Crippen molar-refractivity contribution in [2.24, 2.45) is 0 Å². The summed E-state index contributed by atoms with van der Waals surface area (Å²) >= 11 is 1.36. The van der Waals surface area contributed by atoms with Crippen LogP contribution in [0.1, 0.15) is 24.5 Å². The van der Waals surface area contributed by atoms with Crippen molar-refractivity contribution in [2.75, 3.05) is 12.3 Å². The molecule has 0 saturated carbocycles. The number of thioether (sulfide) groups is 1. The standard InChI is InChI=1S/C22H23N3O2S/c1-2-12-25-21(27)18-9-5-6-10-19(18)23-22(25)28-15-20(26)24-13-11-16-7-3-4-8-17(16)14-24/h3-10H,2,11-15H2,1H3. The maximum Gasteiger partial charge on any atom is 0.262 e. The second-order valence-electron chi connectivity index (χ2n) is 6.99. The van der Waals surface area contributed by atoms with Gasteiger partial charge in [-0.3, -0.25) is 14.2 Å². The van der Waals surface area contributed by atoms with E-state index in [0.29, 0.717) is 29.1 Å². The smallest absolute Gasteiger partial charge is 0.262 e. The summed E-state index contributed by atoms with van der Waals surface area (Å²) in [6.07, 6.45) is 1.73. The molecule has 144 valence electrons. The lowest BCUT2D eigenvalue weighted by molar-refractivity contribution is -0.129. The molecule has 0 bridgehead atoms. The van der Waals surface area contributed by atoms with Gasteiger partial charge in [-0.05, 0) is 36.1 Å². The summed E-state index contributed by atoms with van der Waals surface area (Å²) in [6, 6.07) is 15.7. The maximum atomic E-state index is 12.8. The minimum absolute atomic E-state index is 0.0331. The highest BCUT2D eigenvalue weighted by Crippen LogP contribution is 2.22. The summed E-state index contributed by atoms with van der Waals surface area (Å²) in [7, 11) is 0. The quantitative estimate of drug-likeness (QED) is 0.492. The summed E-state index contributed by atoms with van der Waals surface area (Å²) < 4.78 is 1.70. The molecule has 1 aromatic heterocycles. The van der Waals surface area contributed by atoms with Crippen LogP contribution in [0.3, 0.4) is 0 Å². The van der Waals surface area contributed by atoms with Gasteiger partial charge < -0.3 is 4.90 Å². The van der Waals surface area contributed by atoms with Gasteiger partial charge in [-0.15, -0.1) is 0 Å². The number of amides is 1. The van der Waals surface area contributed by atoms with Crippen molar-refractivity contribution in [1.82, 2.24) is 14.5 Å². The molecule has 4 rings (SSSR count). The average molecular weight is 394 g/mol. The second-order valence-corrected chi connectivity index (χ2v) is 7.93. The summed E-state index contributed by atoms with van der Waals surface area (Å²) in [5.74, 6) is 0.376. The molecule has 2 aromatic carbocycles. The van der Waals surface area contributed by atoms with Gasteiger partial charge in [0.2, 0.25) is 5.91 Å². The van der Waals surface area contributed by atoms with E-state index in [2.05, 4.69) is 17.1 Å². The molecule has 0 aliphatic carbocycles. The van der Waals surface area contributed by atoms with E-state index in [0.717, 1.165) is 19.4 Å². The van der Waals surface area contributed by atoms with Crippen LogP contribution in [-0.2, 0) is 24.3 Å². The van der Waals surface area contributed by atoms with Crippen LogP contribution >= 0.6 is 11.8 Å². The zero-order valence-corrected chi connectivity index (χ0v) is 16.7. The fourth-order valence-electron chi connectivity index (χ4n) is 3.60. The number of benzene rings is 2. The maximum absolute atomic E-state index is 12.8. The molecule has 3 aromatic rings. The molecular weight excluding hydrogens is 370 g/mol. The van der Waals surface area contributed by atoms with Crippen molar-refractivity contribution >= 4 is 28.6 Å². The highest BCUT2D eigenvalue weighted by Gasteiger charge is 2.21. The fraction of sp³-hybridized carbons (Fsp3) is 0.318. The zero-order chi connectivity index (χ0) is 19.5. The van der Waals surface area contributed by atoms with E-state index >= 15 is 0 Å². The lowest BCUT2D eigenvalue weighted by Crippen LogP contribution is -2.37. The first-order valence-electron chi connectivity index (χ1n) is 9.64. The first-order chi connectivity index (χ1) is 13.7. The van der Waals surface area contributed by atoms with Crippen molar-refractivity contribution in [1.29, 1.82) is 0 Å². The van der Waals surface area contributed by atoms with Crippen molar-refractivity contribution < 1.29 is 4.79 Å². The number of aromatic nitrogens is 2. The van der Waals surface area contributed by atoms with Gasteiger partial charge in [0.1, 0.15) is 0 Å². The minimum Gasteiger partial charge on any atom is -0.337 e. The Morgan fingerprint density at radius 3 is 2.68 bits per heavy atom. The molecule has 1 aliphatic rings. The van der Waals surface area contributed by atoms with Crippen LogP contribution in [0, 0.1) is 0 Å². The number of carbonyl (C=O) groups excluding carboxylic acids is 1. The normalized spacial score (nSPS) is 13.5. The Kier molecular flexibility index (Phi) is 5.48. The number of para-hydroxylation sites is 1. The van der Waals surface area contributed by atoms with Gasteiger partial charge in [-0.25, -0.2) is 4.98 Å². The number of fused-ring (bicyclic) bond motifs is 2. The fourth-order valence-corrected chi connectivity index (χ4v) is 4.53. The molecule has 6 heteroatoms. The zero-order valence-electron chi connectivity index (χ0n) is 15.9. The van der Waals surface area contributed by atoms with Crippen LogP contribution in [0.2, 0.25) is 0 Å². The van der Waals surface area contributed by atoms with Crippen LogP contribution in [0.15, 0.2) is 58.5 Å². The average Bonchev–Trinajstić information content (AvgIpc) is 2.74. The molecule has 1 amide bonds. The van der Waals surface area contributed by atoms with Gasteiger partial charge in [0.15, 0.2) is 5.16 Å². The Morgan fingerprint density at radius 2 is 1.86 bits per heavy atom. The molecule has 2 heterocycles. The van der Waals surface area contributed by atoms with Gasteiger partial charge in [0.25, 0.3) is 5.56 Å². The molecule has 0 atom stereocenters. The lowest BCUT2D eigenvalue weighted by Gasteiger charge is -2.28. The van der Waals surface area contributed by atoms with E-state index in [1.165, 1.54) is 22.9 Å². The molecule has 0 N–H and O–H groups in total. The molecule has 0 radical (unpaired) electrons. The predicted octanol–water partition coefficient (Wildman–Crippen LogP) is 3.48. The van der Waals surface area contributed by atoms with E-state index in [-0.39, 0.29) is 17.2 Å². The molecule has 1 aliphatic heterocycles. The number of hydrogen-bond acceptors (Lipinski definition) is 4. The first kappa shape index (κ1) is 18.7. The summed E-state index contributed by atoms with van der Waals surface area (Å²) in [6.45, 7) is 4.03. The summed E-state index contributed by atoms with van der Waals surface area (Å²) in [4.78, 5) is 32.2. The van der Waals surface area contributed by atoms with Crippen LogP contribution in [-0.4, -0.2) is 32.7 Å². The number of carbonyl (C=O) groups is 1. The van der Waals surface area contributed by atoms with Crippen LogP contribution in [0.4, 0.5) is 0 Å². The number of rotatable bonds is 5. The van der Waals surface area contributed by atoms with Crippen molar-refractivity contribution in [3.63, 3.8) is 0 Å². The second kappa shape index (κ2) is 8.19. The third kappa shape index (κ3) is 3.69.